The van der Waals surface area contributed by atoms with Crippen molar-refractivity contribution in [3.63, 3.8) is 0 Å². The Kier molecular flexibility index (Phi) is 7.40. The second-order valence-electron chi connectivity index (χ2n) is 3.02. The molecule has 0 saturated carbocycles. The average Bonchev–Trinajstić information content (AvgIpc) is 2.01. The predicted octanol–water partition coefficient (Wildman–Crippen LogP) is 0.962. The molecule has 1 amide bonds. The molecule has 16 heavy (non-hydrogen) atoms. The second-order valence-corrected chi connectivity index (χ2v) is 5.01. The lowest BCUT2D eigenvalue weighted by molar-refractivity contribution is -0.117. The minimum absolute atomic E-state index is 0. The number of primary amides is 1. The molecule has 0 bridgehead atoms. The van der Waals surface area contributed by atoms with Gasteiger partial charge in [0, 0.05) is 6.26 Å². The Bertz CT molecular complexity index is 460. The standard InChI is InChI=1S/C9H11NO3S.2ClH/c1-14(12,13)8-5-3-2-4-7(8)6-9(10)11;;/h2-5H,6H2,1H3,(H2,10,11);2*1H. The summed E-state index contributed by atoms with van der Waals surface area (Å²) in [4.78, 5) is 10.8. The molecule has 0 atom stereocenters. The van der Waals surface area contributed by atoms with E-state index in [2.05, 4.69) is 0 Å². The summed E-state index contributed by atoms with van der Waals surface area (Å²) in [6.45, 7) is 0. The summed E-state index contributed by atoms with van der Waals surface area (Å²) in [7, 11) is -3.29. The number of amides is 1. The molecule has 0 aliphatic carbocycles. The van der Waals surface area contributed by atoms with Crippen LogP contribution in [0.25, 0.3) is 0 Å². The number of rotatable bonds is 3. The average molecular weight is 286 g/mol. The zero-order valence-electron chi connectivity index (χ0n) is 8.54. The van der Waals surface area contributed by atoms with Gasteiger partial charge in [-0.15, -0.1) is 24.8 Å². The van der Waals surface area contributed by atoms with E-state index >= 15 is 0 Å². The third kappa shape index (κ3) is 4.83. The van der Waals surface area contributed by atoms with Gasteiger partial charge in [0.1, 0.15) is 0 Å². The van der Waals surface area contributed by atoms with E-state index in [1.165, 1.54) is 6.07 Å². The van der Waals surface area contributed by atoms with Crippen molar-refractivity contribution in [3.05, 3.63) is 29.8 Å². The van der Waals surface area contributed by atoms with Crippen LogP contribution in [-0.2, 0) is 21.1 Å². The highest BCUT2D eigenvalue weighted by atomic mass is 35.5. The van der Waals surface area contributed by atoms with E-state index < -0.39 is 15.7 Å². The summed E-state index contributed by atoms with van der Waals surface area (Å²) >= 11 is 0. The number of hydrogen-bond donors (Lipinski definition) is 1. The molecule has 1 aromatic rings. The van der Waals surface area contributed by atoms with Gasteiger partial charge in [-0.1, -0.05) is 18.2 Å². The van der Waals surface area contributed by atoms with Gasteiger partial charge in [-0.2, -0.15) is 0 Å². The van der Waals surface area contributed by atoms with Crippen LogP contribution in [0.1, 0.15) is 5.56 Å². The van der Waals surface area contributed by atoms with Crippen LogP contribution >= 0.6 is 24.8 Å². The number of nitrogens with two attached hydrogens (primary N) is 1. The van der Waals surface area contributed by atoms with Crippen LogP contribution in [0.4, 0.5) is 0 Å². The van der Waals surface area contributed by atoms with Gasteiger partial charge in [0.2, 0.25) is 5.91 Å². The van der Waals surface area contributed by atoms with Crippen LogP contribution < -0.4 is 5.73 Å². The number of sulfone groups is 1. The zero-order chi connectivity index (χ0) is 10.8. The Morgan fingerprint density at radius 1 is 1.25 bits per heavy atom. The van der Waals surface area contributed by atoms with Gasteiger partial charge in [0.05, 0.1) is 11.3 Å². The minimum Gasteiger partial charge on any atom is -0.369 e. The highest BCUT2D eigenvalue weighted by Crippen LogP contribution is 2.15. The maximum Gasteiger partial charge on any atom is 0.221 e. The molecular weight excluding hydrogens is 273 g/mol. The maximum atomic E-state index is 11.3. The van der Waals surface area contributed by atoms with E-state index in [0.717, 1.165) is 6.26 Å². The third-order valence-electron chi connectivity index (χ3n) is 1.74. The molecule has 0 radical (unpaired) electrons. The Labute approximate surface area is 107 Å². The maximum absolute atomic E-state index is 11.3. The number of carbonyl (C=O) groups is 1. The normalized spacial score (nSPS) is 9.81. The molecule has 0 saturated heterocycles. The van der Waals surface area contributed by atoms with Crippen molar-refractivity contribution >= 4 is 40.6 Å². The van der Waals surface area contributed by atoms with E-state index in [-0.39, 0.29) is 36.1 Å². The molecule has 4 nitrogen and oxygen atoms in total. The Balaban J connectivity index is 0. The number of benzene rings is 1. The van der Waals surface area contributed by atoms with E-state index in [0.29, 0.717) is 5.56 Å². The molecule has 0 fully saturated rings. The molecule has 0 unspecified atom stereocenters. The first-order chi connectivity index (χ1) is 6.41. The monoisotopic (exact) mass is 285 g/mol. The van der Waals surface area contributed by atoms with Crippen molar-refractivity contribution in [3.8, 4) is 0 Å². The van der Waals surface area contributed by atoms with E-state index in [1.54, 1.807) is 18.2 Å². The van der Waals surface area contributed by atoms with Gasteiger partial charge in [0.25, 0.3) is 0 Å². The van der Waals surface area contributed by atoms with Gasteiger partial charge in [-0.25, -0.2) is 8.42 Å². The lowest BCUT2D eigenvalue weighted by Gasteiger charge is -2.04. The van der Waals surface area contributed by atoms with Gasteiger partial charge < -0.3 is 5.73 Å². The van der Waals surface area contributed by atoms with Crippen molar-refractivity contribution in [1.82, 2.24) is 0 Å². The largest absolute Gasteiger partial charge is 0.369 e. The molecule has 0 heterocycles. The molecule has 1 rings (SSSR count). The van der Waals surface area contributed by atoms with Crippen LogP contribution in [-0.4, -0.2) is 20.6 Å². The number of halogens is 2. The lowest BCUT2D eigenvalue weighted by Crippen LogP contribution is -2.15. The highest BCUT2D eigenvalue weighted by Gasteiger charge is 2.13. The third-order valence-corrected chi connectivity index (χ3v) is 2.93. The zero-order valence-corrected chi connectivity index (χ0v) is 11.0. The molecule has 0 aromatic heterocycles. The number of hydrogen-bond acceptors (Lipinski definition) is 3. The van der Waals surface area contributed by atoms with Crippen LogP contribution in [0.15, 0.2) is 29.2 Å². The fourth-order valence-electron chi connectivity index (χ4n) is 1.20. The van der Waals surface area contributed by atoms with E-state index in [1.807, 2.05) is 0 Å². The fraction of sp³-hybridized carbons (Fsp3) is 0.222. The second kappa shape index (κ2) is 6.73. The smallest absolute Gasteiger partial charge is 0.221 e. The van der Waals surface area contributed by atoms with Gasteiger partial charge >= 0.3 is 0 Å². The SMILES string of the molecule is CS(=O)(=O)c1ccccc1CC(N)=O.Cl.Cl. The van der Waals surface area contributed by atoms with Crippen molar-refractivity contribution in [2.75, 3.05) is 6.26 Å². The topological polar surface area (TPSA) is 77.2 Å². The van der Waals surface area contributed by atoms with Crippen molar-refractivity contribution in [2.45, 2.75) is 11.3 Å². The summed E-state index contributed by atoms with van der Waals surface area (Å²) in [5, 5.41) is 0. The summed E-state index contributed by atoms with van der Waals surface area (Å²) < 4.78 is 22.6. The first-order valence-electron chi connectivity index (χ1n) is 3.97. The summed E-state index contributed by atoms with van der Waals surface area (Å²) in [6, 6.07) is 6.34. The first kappa shape index (κ1) is 17.6. The van der Waals surface area contributed by atoms with Crippen molar-refractivity contribution in [2.24, 2.45) is 5.73 Å². The molecular formula is C9H13Cl2NO3S. The van der Waals surface area contributed by atoms with Crippen LogP contribution in [0.3, 0.4) is 0 Å². The van der Waals surface area contributed by atoms with Crippen LogP contribution in [0.2, 0.25) is 0 Å². The van der Waals surface area contributed by atoms with Crippen LogP contribution in [0.5, 0.6) is 0 Å². The van der Waals surface area contributed by atoms with Crippen LogP contribution in [0, 0.1) is 0 Å². The summed E-state index contributed by atoms with van der Waals surface area (Å²) in [6.07, 6.45) is 1.05. The molecule has 0 spiro atoms. The first-order valence-corrected chi connectivity index (χ1v) is 5.86. The van der Waals surface area contributed by atoms with Gasteiger partial charge in [-0.05, 0) is 11.6 Å². The Morgan fingerprint density at radius 2 is 1.75 bits per heavy atom. The lowest BCUT2D eigenvalue weighted by atomic mass is 10.1. The quantitative estimate of drug-likeness (QED) is 0.899. The number of carbonyl (C=O) groups excluding carboxylic acids is 1. The predicted molar refractivity (Wildman–Crippen MR) is 66.9 cm³/mol. The Morgan fingerprint density at radius 3 is 2.19 bits per heavy atom. The molecule has 2 N–H and O–H groups in total. The molecule has 0 aliphatic heterocycles. The minimum atomic E-state index is -3.29. The molecule has 7 heteroatoms. The highest BCUT2D eigenvalue weighted by molar-refractivity contribution is 7.90. The Hall–Kier alpha value is -0.780. The van der Waals surface area contributed by atoms with E-state index in [4.69, 9.17) is 5.73 Å². The van der Waals surface area contributed by atoms with Gasteiger partial charge in [0.15, 0.2) is 9.84 Å². The fourth-order valence-corrected chi connectivity index (χ4v) is 2.14. The molecule has 0 aliphatic rings. The molecule has 1 aromatic carbocycles. The van der Waals surface area contributed by atoms with Gasteiger partial charge in [-0.3, -0.25) is 4.79 Å². The van der Waals surface area contributed by atoms with Crippen molar-refractivity contribution < 1.29 is 13.2 Å². The van der Waals surface area contributed by atoms with E-state index in [9.17, 15) is 13.2 Å². The summed E-state index contributed by atoms with van der Waals surface area (Å²) in [5.41, 5.74) is 5.45. The molecule has 92 valence electrons. The summed E-state index contributed by atoms with van der Waals surface area (Å²) in [5.74, 6) is -0.541. The van der Waals surface area contributed by atoms with Crippen molar-refractivity contribution in [1.29, 1.82) is 0 Å².